The molecular weight excluding hydrogens is 266 g/mol. The summed E-state index contributed by atoms with van der Waals surface area (Å²) in [5.41, 5.74) is 4.16. The lowest BCUT2D eigenvalue weighted by molar-refractivity contribution is 0.475. The molecular formula is C16H11N3O2. The smallest absolute Gasteiger partial charge is 0.154 e. The molecule has 0 aliphatic rings. The Hall–Kier alpha value is -3.08. The van der Waals surface area contributed by atoms with Crippen LogP contribution in [0.5, 0.6) is 5.75 Å². The minimum atomic E-state index is 0.218. The lowest BCUT2D eigenvalue weighted by Gasteiger charge is -2.04. The highest BCUT2D eigenvalue weighted by Gasteiger charge is 2.10. The van der Waals surface area contributed by atoms with Crippen LogP contribution in [0.4, 0.5) is 0 Å². The third kappa shape index (κ3) is 1.95. The molecule has 0 fully saturated rings. The van der Waals surface area contributed by atoms with Crippen LogP contribution >= 0.6 is 0 Å². The molecule has 4 aromatic rings. The molecule has 0 amide bonds. The Kier molecular flexibility index (Phi) is 2.50. The lowest BCUT2D eigenvalue weighted by atomic mass is 10.1. The van der Waals surface area contributed by atoms with Crippen LogP contribution in [0.2, 0.25) is 0 Å². The Bertz CT molecular complexity index is 910. The van der Waals surface area contributed by atoms with Crippen LogP contribution in [0.1, 0.15) is 0 Å². The Balaban J connectivity index is 1.91. The largest absolute Gasteiger partial charge is 0.508 e. The number of benzene rings is 1. The van der Waals surface area contributed by atoms with Gasteiger partial charge in [-0.15, -0.1) is 0 Å². The van der Waals surface area contributed by atoms with Crippen LogP contribution in [-0.4, -0.2) is 19.7 Å². The molecule has 0 spiro atoms. The van der Waals surface area contributed by atoms with Crippen LogP contribution in [0.25, 0.3) is 28.2 Å². The van der Waals surface area contributed by atoms with E-state index in [1.807, 2.05) is 24.3 Å². The highest BCUT2D eigenvalue weighted by atomic mass is 16.3. The van der Waals surface area contributed by atoms with Gasteiger partial charge in [0.25, 0.3) is 0 Å². The van der Waals surface area contributed by atoms with Crippen molar-refractivity contribution in [2.24, 2.45) is 0 Å². The van der Waals surface area contributed by atoms with Crippen LogP contribution in [-0.2, 0) is 0 Å². The first-order valence-electron chi connectivity index (χ1n) is 6.48. The van der Waals surface area contributed by atoms with E-state index in [2.05, 4.69) is 10.1 Å². The second-order valence-electron chi connectivity index (χ2n) is 4.69. The number of hydrogen-bond acceptors (Lipinski definition) is 4. The van der Waals surface area contributed by atoms with E-state index in [0.29, 0.717) is 0 Å². The van der Waals surface area contributed by atoms with E-state index in [4.69, 9.17) is 4.42 Å². The van der Waals surface area contributed by atoms with E-state index < -0.39 is 0 Å². The molecule has 4 rings (SSSR count). The average Bonchev–Trinajstić information content (AvgIpc) is 3.15. The van der Waals surface area contributed by atoms with Gasteiger partial charge in [-0.25, -0.2) is 9.50 Å². The van der Waals surface area contributed by atoms with Gasteiger partial charge in [0, 0.05) is 11.1 Å². The van der Waals surface area contributed by atoms with Crippen molar-refractivity contribution in [1.29, 1.82) is 0 Å². The molecule has 0 bridgehead atoms. The van der Waals surface area contributed by atoms with E-state index in [1.54, 1.807) is 41.4 Å². The molecule has 0 saturated heterocycles. The summed E-state index contributed by atoms with van der Waals surface area (Å²) in [5, 5.41) is 14.2. The second kappa shape index (κ2) is 4.49. The first-order valence-corrected chi connectivity index (χ1v) is 6.48. The maximum Gasteiger partial charge on any atom is 0.154 e. The fraction of sp³-hybridized carbons (Fsp3) is 0. The number of rotatable bonds is 2. The quantitative estimate of drug-likeness (QED) is 0.610. The molecule has 3 heterocycles. The monoisotopic (exact) mass is 277 g/mol. The molecule has 0 unspecified atom stereocenters. The van der Waals surface area contributed by atoms with E-state index in [-0.39, 0.29) is 5.75 Å². The van der Waals surface area contributed by atoms with Gasteiger partial charge in [-0.3, -0.25) is 0 Å². The molecule has 5 nitrogen and oxygen atoms in total. The SMILES string of the molecule is Oc1cccc(-c2ccc3ncc(-c4ccoc4)n3n2)c1. The molecule has 102 valence electrons. The van der Waals surface area contributed by atoms with Crippen molar-refractivity contribution >= 4 is 5.65 Å². The predicted octanol–water partition coefficient (Wildman–Crippen LogP) is 3.36. The molecule has 5 heteroatoms. The molecule has 3 aromatic heterocycles. The van der Waals surface area contributed by atoms with Crippen LogP contribution in [0.15, 0.2) is 65.6 Å². The Morgan fingerprint density at radius 3 is 2.81 bits per heavy atom. The van der Waals surface area contributed by atoms with E-state index in [1.165, 1.54) is 0 Å². The van der Waals surface area contributed by atoms with Crippen molar-refractivity contribution in [2.45, 2.75) is 0 Å². The van der Waals surface area contributed by atoms with Crippen molar-refractivity contribution < 1.29 is 9.52 Å². The lowest BCUT2D eigenvalue weighted by Crippen LogP contribution is -1.96. The standard InChI is InChI=1S/C16H11N3O2/c20-13-3-1-2-11(8-13)14-4-5-16-17-9-15(19(16)18-14)12-6-7-21-10-12/h1-10,20H. The summed E-state index contributed by atoms with van der Waals surface area (Å²) in [6, 6.07) is 12.7. The summed E-state index contributed by atoms with van der Waals surface area (Å²) in [6.45, 7) is 0. The highest BCUT2D eigenvalue weighted by molar-refractivity contribution is 5.65. The minimum absolute atomic E-state index is 0.218. The molecule has 0 radical (unpaired) electrons. The topological polar surface area (TPSA) is 63.6 Å². The molecule has 1 N–H and O–H groups in total. The van der Waals surface area contributed by atoms with E-state index in [0.717, 1.165) is 28.2 Å². The number of nitrogens with zero attached hydrogens (tertiary/aromatic N) is 3. The average molecular weight is 277 g/mol. The van der Waals surface area contributed by atoms with Crippen molar-refractivity contribution in [1.82, 2.24) is 14.6 Å². The number of phenols is 1. The summed E-state index contributed by atoms with van der Waals surface area (Å²) in [6.07, 6.45) is 5.04. The van der Waals surface area contributed by atoms with Crippen molar-refractivity contribution in [3.05, 3.63) is 61.2 Å². The van der Waals surface area contributed by atoms with Gasteiger partial charge in [0.05, 0.1) is 30.1 Å². The van der Waals surface area contributed by atoms with Gasteiger partial charge >= 0.3 is 0 Å². The first-order chi connectivity index (χ1) is 10.3. The number of phenolic OH excluding ortho intramolecular Hbond substituents is 1. The summed E-state index contributed by atoms with van der Waals surface area (Å²) < 4.78 is 6.88. The summed E-state index contributed by atoms with van der Waals surface area (Å²) >= 11 is 0. The van der Waals surface area contributed by atoms with Crippen molar-refractivity contribution in [3.8, 4) is 28.3 Å². The molecule has 0 aliphatic heterocycles. The molecule has 0 atom stereocenters. The maximum atomic E-state index is 9.59. The van der Waals surface area contributed by atoms with Crippen LogP contribution in [0.3, 0.4) is 0 Å². The normalized spacial score (nSPS) is 11.0. The van der Waals surface area contributed by atoms with Crippen molar-refractivity contribution in [2.75, 3.05) is 0 Å². The number of imidazole rings is 1. The van der Waals surface area contributed by atoms with Gasteiger partial charge in [-0.1, -0.05) is 12.1 Å². The van der Waals surface area contributed by atoms with Crippen molar-refractivity contribution in [3.63, 3.8) is 0 Å². The summed E-state index contributed by atoms with van der Waals surface area (Å²) in [5.74, 6) is 0.218. The number of aromatic nitrogens is 3. The Morgan fingerprint density at radius 1 is 1.05 bits per heavy atom. The van der Waals surface area contributed by atoms with Gasteiger partial charge < -0.3 is 9.52 Å². The van der Waals surface area contributed by atoms with Gasteiger partial charge in [-0.05, 0) is 30.3 Å². The van der Waals surface area contributed by atoms with Gasteiger partial charge in [-0.2, -0.15) is 5.10 Å². The van der Waals surface area contributed by atoms with Gasteiger partial charge in [0.1, 0.15) is 5.75 Å². The third-order valence-electron chi connectivity index (χ3n) is 3.32. The van der Waals surface area contributed by atoms with Crippen LogP contribution in [0, 0.1) is 0 Å². The zero-order chi connectivity index (χ0) is 14.2. The maximum absolute atomic E-state index is 9.59. The number of aromatic hydroxyl groups is 1. The molecule has 0 aliphatic carbocycles. The molecule has 21 heavy (non-hydrogen) atoms. The Morgan fingerprint density at radius 2 is 2.00 bits per heavy atom. The Labute approximate surface area is 120 Å². The zero-order valence-electron chi connectivity index (χ0n) is 11.0. The van der Waals surface area contributed by atoms with E-state index >= 15 is 0 Å². The summed E-state index contributed by atoms with van der Waals surface area (Å²) in [7, 11) is 0. The fourth-order valence-corrected chi connectivity index (χ4v) is 2.30. The minimum Gasteiger partial charge on any atom is -0.508 e. The van der Waals surface area contributed by atoms with E-state index in [9.17, 15) is 5.11 Å². The first kappa shape index (κ1) is 11.7. The van der Waals surface area contributed by atoms with Crippen LogP contribution < -0.4 is 0 Å². The molecule has 0 saturated carbocycles. The van der Waals surface area contributed by atoms with Gasteiger partial charge in [0.2, 0.25) is 0 Å². The number of hydrogen-bond donors (Lipinski definition) is 1. The number of furan rings is 1. The predicted molar refractivity (Wildman–Crippen MR) is 77.8 cm³/mol. The molecule has 1 aromatic carbocycles. The second-order valence-corrected chi connectivity index (χ2v) is 4.69. The third-order valence-corrected chi connectivity index (χ3v) is 3.32. The zero-order valence-corrected chi connectivity index (χ0v) is 11.0. The highest BCUT2D eigenvalue weighted by Crippen LogP contribution is 2.24. The summed E-state index contributed by atoms with van der Waals surface area (Å²) in [4.78, 5) is 4.34. The van der Waals surface area contributed by atoms with Gasteiger partial charge in [0.15, 0.2) is 5.65 Å². The number of fused-ring (bicyclic) bond motifs is 1. The fourth-order valence-electron chi connectivity index (χ4n) is 2.30.